The number of rotatable bonds is 2. The number of carbonyl (C=O) groups excluding carboxylic acids is 1. The number of piperidine rings is 1. The molecule has 2 bridgehead atoms. The van der Waals surface area contributed by atoms with Gasteiger partial charge in [-0.1, -0.05) is 0 Å². The van der Waals surface area contributed by atoms with Crippen molar-refractivity contribution in [2.75, 3.05) is 6.54 Å². The van der Waals surface area contributed by atoms with Gasteiger partial charge in [-0.2, -0.15) is 0 Å². The largest absolute Gasteiger partial charge is 0.472 e. The molecule has 0 N–H and O–H groups in total. The number of likely N-dealkylation sites (tertiary alicyclic amines) is 1. The Morgan fingerprint density at radius 1 is 1.36 bits per heavy atom. The molecule has 1 saturated heterocycles. The quantitative estimate of drug-likeness (QED) is 0.843. The Morgan fingerprint density at radius 3 is 2.73 bits per heavy atom. The predicted octanol–water partition coefficient (Wildman–Crippen LogP) is 3.00. The molecule has 0 unspecified atom stereocenters. The number of pyridine rings is 1. The molecule has 0 spiro atoms. The minimum absolute atomic E-state index is 0.00621. The molecule has 3 rings (SSSR count). The summed E-state index contributed by atoms with van der Waals surface area (Å²) in [6.07, 6.45) is 2.55. The van der Waals surface area contributed by atoms with Gasteiger partial charge in [-0.15, -0.1) is 0 Å². The summed E-state index contributed by atoms with van der Waals surface area (Å²) in [5.74, 6) is 0.432. The van der Waals surface area contributed by atoms with E-state index in [-0.39, 0.29) is 18.2 Å². The Morgan fingerprint density at radius 2 is 2.14 bits per heavy atom. The van der Waals surface area contributed by atoms with Gasteiger partial charge in [0.15, 0.2) is 0 Å². The number of aromatic nitrogens is 1. The first kappa shape index (κ1) is 15.1. The first-order valence-corrected chi connectivity index (χ1v) is 7.59. The van der Waals surface area contributed by atoms with Crippen molar-refractivity contribution in [2.45, 2.75) is 51.4 Å². The maximum Gasteiger partial charge on any atom is 0.410 e. The molecule has 2 heterocycles. The van der Waals surface area contributed by atoms with E-state index >= 15 is 0 Å². The van der Waals surface area contributed by atoms with Crippen LogP contribution in [-0.2, 0) is 4.74 Å². The van der Waals surface area contributed by atoms with Crippen molar-refractivity contribution in [1.29, 1.82) is 0 Å². The van der Waals surface area contributed by atoms with Crippen molar-refractivity contribution in [3.63, 3.8) is 0 Å². The fourth-order valence-corrected chi connectivity index (χ4v) is 3.21. The van der Waals surface area contributed by atoms with Crippen LogP contribution in [0.1, 0.15) is 33.6 Å². The van der Waals surface area contributed by atoms with Crippen LogP contribution in [0.4, 0.5) is 9.18 Å². The number of halogens is 1. The van der Waals surface area contributed by atoms with Crippen molar-refractivity contribution in [1.82, 2.24) is 9.88 Å². The number of fused-ring (bicyclic) bond motifs is 2. The van der Waals surface area contributed by atoms with Gasteiger partial charge in [-0.25, -0.2) is 14.2 Å². The minimum Gasteiger partial charge on any atom is -0.472 e. The molecule has 3 atom stereocenters. The molecule has 0 radical (unpaired) electrons. The van der Waals surface area contributed by atoms with Crippen LogP contribution in [0, 0.1) is 11.7 Å². The van der Waals surface area contributed by atoms with Crippen molar-refractivity contribution in [3.05, 3.63) is 24.1 Å². The number of carbonyl (C=O) groups is 1. The molecule has 0 aromatic carbocycles. The highest BCUT2D eigenvalue weighted by Crippen LogP contribution is 2.40. The maximum atomic E-state index is 12.9. The molecule has 1 amide bonds. The zero-order valence-electron chi connectivity index (χ0n) is 13.1. The molecule has 5 nitrogen and oxygen atoms in total. The molecule has 1 aromatic heterocycles. The van der Waals surface area contributed by atoms with Crippen LogP contribution < -0.4 is 4.74 Å². The summed E-state index contributed by atoms with van der Waals surface area (Å²) in [5.41, 5.74) is -0.506. The second kappa shape index (κ2) is 5.41. The molecule has 1 saturated carbocycles. The van der Waals surface area contributed by atoms with E-state index < -0.39 is 11.4 Å². The highest BCUT2D eigenvalue weighted by molar-refractivity contribution is 5.69. The van der Waals surface area contributed by atoms with Crippen molar-refractivity contribution in [3.8, 4) is 5.88 Å². The number of ether oxygens (including phenoxy) is 2. The van der Waals surface area contributed by atoms with Crippen LogP contribution in [0.2, 0.25) is 0 Å². The molecule has 1 aliphatic heterocycles. The van der Waals surface area contributed by atoms with Gasteiger partial charge in [0.2, 0.25) is 5.88 Å². The van der Waals surface area contributed by atoms with Gasteiger partial charge in [0, 0.05) is 12.6 Å². The van der Waals surface area contributed by atoms with Gasteiger partial charge in [-0.05, 0) is 45.6 Å². The van der Waals surface area contributed by atoms with Crippen LogP contribution in [0.3, 0.4) is 0 Å². The summed E-state index contributed by atoms with van der Waals surface area (Å²) < 4.78 is 24.2. The number of amides is 1. The van der Waals surface area contributed by atoms with Gasteiger partial charge in [0.25, 0.3) is 0 Å². The summed E-state index contributed by atoms with van der Waals surface area (Å²) in [7, 11) is 0. The van der Waals surface area contributed by atoms with E-state index in [0.29, 0.717) is 11.8 Å². The zero-order valence-corrected chi connectivity index (χ0v) is 13.1. The van der Waals surface area contributed by atoms with Crippen molar-refractivity contribution < 1.29 is 18.7 Å². The van der Waals surface area contributed by atoms with E-state index in [1.54, 1.807) is 4.90 Å². The van der Waals surface area contributed by atoms with Crippen LogP contribution in [0.25, 0.3) is 0 Å². The van der Waals surface area contributed by atoms with Gasteiger partial charge >= 0.3 is 6.09 Å². The second-order valence-electron chi connectivity index (χ2n) is 7.01. The lowest BCUT2D eigenvalue weighted by molar-refractivity contribution is 0.00212. The fraction of sp³-hybridized carbons (Fsp3) is 0.625. The highest BCUT2D eigenvalue weighted by Gasteiger charge is 2.49. The molecule has 1 aromatic rings. The minimum atomic E-state index is -0.506. The lowest BCUT2D eigenvalue weighted by atomic mass is 10.1. The number of nitrogens with zero attached hydrogens (tertiary/aromatic N) is 2. The highest BCUT2D eigenvalue weighted by atomic mass is 19.1. The molecular weight excluding hydrogens is 287 g/mol. The Kier molecular flexibility index (Phi) is 3.70. The maximum absolute atomic E-state index is 12.9. The summed E-state index contributed by atoms with van der Waals surface area (Å²) >= 11 is 0. The first-order chi connectivity index (χ1) is 10.3. The summed E-state index contributed by atoms with van der Waals surface area (Å²) in [6, 6.07) is 2.84. The summed E-state index contributed by atoms with van der Waals surface area (Å²) in [4.78, 5) is 18.0. The Balaban J connectivity index is 1.66. The van der Waals surface area contributed by atoms with Crippen LogP contribution in [0.5, 0.6) is 5.88 Å². The lowest BCUT2D eigenvalue weighted by Gasteiger charge is -2.34. The number of hydrogen-bond acceptors (Lipinski definition) is 4. The molecule has 1 aliphatic carbocycles. The van der Waals surface area contributed by atoms with Crippen molar-refractivity contribution >= 4 is 6.09 Å². The zero-order chi connectivity index (χ0) is 15.9. The monoisotopic (exact) mass is 308 g/mol. The molecule has 120 valence electrons. The third kappa shape index (κ3) is 3.15. The van der Waals surface area contributed by atoms with E-state index in [9.17, 15) is 9.18 Å². The average molecular weight is 308 g/mol. The van der Waals surface area contributed by atoms with Crippen molar-refractivity contribution in [2.24, 2.45) is 5.92 Å². The van der Waals surface area contributed by atoms with Crippen LogP contribution in [-0.4, -0.2) is 40.3 Å². The van der Waals surface area contributed by atoms with E-state index in [4.69, 9.17) is 9.47 Å². The third-order valence-electron chi connectivity index (χ3n) is 4.03. The molecular formula is C16H21FN2O3. The Labute approximate surface area is 129 Å². The van der Waals surface area contributed by atoms with Crippen LogP contribution in [0.15, 0.2) is 18.3 Å². The van der Waals surface area contributed by atoms with E-state index in [0.717, 1.165) is 25.6 Å². The lowest BCUT2D eigenvalue weighted by Crippen LogP contribution is -2.48. The second-order valence-corrected chi connectivity index (χ2v) is 7.01. The molecule has 2 fully saturated rings. The Bertz CT molecular complexity index is 556. The van der Waals surface area contributed by atoms with Gasteiger partial charge in [0.05, 0.1) is 12.2 Å². The first-order valence-electron chi connectivity index (χ1n) is 7.59. The van der Waals surface area contributed by atoms with E-state index in [2.05, 4.69) is 4.98 Å². The summed E-state index contributed by atoms with van der Waals surface area (Å²) in [6.45, 7) is 6.29. The Hall–Kier alpha value is -1.85. The number of hydrogen-bond donors (Lipinski definition) is 0. The fourth-order valence-electron chi connectivity index (χ4n) is 3.21. The smallest absolute Gasteiger partial charge is 0.410 e. The molecule has 22 heavy (non-hydrogen) atoms. The average Bonchev–Trinajstić information content (AvgIpc) is 2.99. The molecule has 6 heteroatoms. The summed E-state index contributed by atoms with van der Waals surface area (Å²) in [5, 5.41) is 0. The SMILES string of the molecule is CC(C)(C)OC(=O)N1C[C@H]2C[C@@H](Oc3ccc(F)cn3)[C@@H]1C2. The van der Waals surface area contributed by atoms with Gasteiger partial charge in [-0.3, -0.25) is 0 Å². The van der Waals surface area contributed by atoms with Crippen LogP contribution >= 0.6 is 0 Å². The molecule has 2 aliphatic rings. The van der Waals surface area contributed by atoms with E-state index in [1.165, 1.54) is 12.1 Å². The normalized spacial score (nSPS) is 27.1. The van der Waals surface area contributed by atoms with Gasteiger partial charge < -0.3 is 14.4 Å². The van der Waals surface area contributed by atoms with E-state index in [1.807, 2.05) is 20.8 Å². The predicted molar refractivity (Wildman–Crippen MR) is 78.1 cm³/mol. The third-order valence-corrected chi connectivity index (χ3v) is 4.03. The standard InChI is InChI=1S/C16H21FN2O3/c1-16(2,3)22-15(20)19-9-10-6-12(19)13(7-10)21-14-5-4-11(17)8-18-14/h4-5,8,10,12-13H,6-7,9H2,1-3H3/t10-,12+,13-/m1/s1. The topological polar surface area (TPSA) is 51.7 Å². The van der Waals surface area contributed by atoms with Gasteiger partial charge in [0.1, 0.15) is 17.5 Å².